The summed E-state index contributed by atoms with van der Waals surface area (Å²) in [5.74, 6) is 0.640. The first-order valence-electron chi connectivity index (χ1n) is 13.7. The zero-order valence-electron chi connectivity index (χ0n) is 21.3. The summed E-state index contributed by atoms with van der Waals surface area (Å²) in [5, 5.41) is 12.2. The van der Waals surface area contributed by atoms with Crippen LogP contribution in [0.4, 0.5) is 0 Å². The molecule has 0 amide bonds. The number of likely N-dealkylation sites (tertiary alicyclic amines) is 1. The number of benzene rings is 1. The van der Waals surface area contributed by atoms with Crippen molar-refractivity contribution in [2.24, 2.45) is 0 Å². The van der Waals surface area contributed by atoms with Crippen molar-refractivity contribution in [2.45, 2.75) is 100 Å². The molecule has 2 aliphatic heterocycles. The van der Waals surface area contributed by atoms with Gasteiger partial charge in [0.15, 0.2) is 23.4 Å². The lowest BCUT2D eigenvalue weighted by atomic mass is 9.49. The van der Waals surface area contributed by atoms with Crippen LogP contribution in [0.25, 0.3) is 0 Å². The van der Waals surface area contributed by atoms with Crippen molar-refractivity contribution in [2.75, 3.05) is 13.1 Å². The molecule has 0 radical (unpaired) electrons. The summed E-state index contributed by atoms with van der Waals surface area (Å²) in [6.07, 6.45) is 13.1. The van der Waals surface area contributed by atoms with Crippen LogP contribution < -0.4 is 9.47 Å². The Balaban J connectivity index is 1.33. The summed E-state index contributed by atoms with van der Waals surface area (Å²) >= 11 is 0. The van der Waals surface area contributed by atoms with Gasteiger partial charge >= 0.3 is 5.97 Å². The fraction of sp³-hybridized carbons (Fsp3) is 0.600. The Morgan fingerprint density at radius 1 is 1.14 bits per heavy atom. The van der Waals surface area contributed by atoms with Gasteiger partial charge in [-0.05, 0) is 50.2 Å². The smallest absolute Gasteiger partial charge is 0.311 e. The average Bonchev–Trinajstić information content (AvgIpc) is 3.22. The Morgan fingerprint density at radius 3 is 2.69 bits per heavy atom. The first-order chi connectivity index (χ1) is 17.5. The fourth-order valence-electron chi connectivity index (χ4n) is 7.31. The van der Waals surface area contributed by atoms with Crippen LogP contribution in [-0.2, 0) is 21.4 Å². The fourth-order valence-corrected chi connectivity index (χ4v) is 7.31. The van der Waals surface area contributed by atoms with Crippen LogP contribution in [0.1, 0.15) is 81.8 Å². The monoisotopic (exact) mass is 493 g/mol. The number of carbonyl (C=O) groups is 2. The van der Waals surface area contributed by atoms with Gasteiger partial charge in [-0.2, -0.15) is 0 Å². The molecule has 2 fully saturated rings. The highest BCUT2D eigenvalue weighted by Crippen LogP contribution is 2.64. The third kappa shape index (κ3) is 3.93. The summed E-state index contributed by atoms with van der Waals surface area (Å²) in [5.41, 5.74) is 0.158. The zero-order chi connectivity index (χ0) is 25.3. The van der Waals surface area contributed by atoms with Gasteiger partial charge in [0.1, 0.15) is 0 Å². The Labute approximate surface area is 214 Å². The number of carbonyl (C=O) groups excluding carboxylic acids is 2. The van der Waals surface area contributed by atoms with E-state index < -0.39 is 17.1 Å². The van der Waals surface area contributed by atoms with Gasteiger partial charge in [0.25, 0.3) is 0 Å². The third-order valence-corrected chi connectivity index (χ3v) is 8.98. The van der Waals surface area contributed by atoms with E-state index in [0.29, 0.717) is 50.1 Å². The molecule has 4 aliphatic rings. The number of hydrogen-bond donors (Lipinski definition) is 1. The minimum Gasteiger partial charge on any atom is -0.477 e. The van der Waals surface area contributed by atoms with Crippen LogP contribution in [-0.4, -0.2) is 52.6 Å². The largest absolute Gasteiger partial charge is 0.477 e. The highest BCUT2D eigenvalue weighted by Gasteiger charge is 2.73. The maximum atomic E-state index is 13.1. The van der Waals surface area contributed by atoms with E-state index in [-0.39, 0.29) is 17.8 Å². The van der Waals surface area contributed by atoms with Crippen molar-refractivity contribution in [3.63, 3.8) is 0 Å². The predicted molar refractivity (Wildman–Crippen MR) is 138 cm³/mol. The van der Waals surface area contributed by atoms with Crippen LogP contribution >= 0.6 is 0 Å². The van der Waals surface area contributed by atoms with E-state index >= 15 is 0 Å². The van der Waals surface area contributed by atoms with Gasteiger partial charge in [0, 0.05) is 37.5 Å². The highest BCUT2D eigenvalue weighted by atomic mass is 16.6. The van der Waals surface area contributed by atoms with E-state index in [1.807, 2.05) is 24.3 Å². The Morgan fingerprint density at radius 2 is 1.92 bits per heavy atom. The van der Waals surface area contributed by atoms with Crippen molar-refractivity contribution in [3.05, 3.63) is 48.6 Å². The number of piperidine rings is 1. The normalized spacial score (nSPS) is 29.9. The number of aliphatic hydroxyl groups is 1. The molecule has 1 aromatic carbocycles. The number of ether oxygens (including phenoxy) is 2. The lowest BCUT2D eigenvalue weighted by Gasteiger charge is -2.62. The van der Waals surface area contributed by atoms with Crippen LogP contribution in [0.5, 0.6) is 11.5 Å². The summed E-state index contributed by atoms with van der Waals surface area (Å²) in [4.78, 5) is 28.1. The molecule has 1 saturated carbocycles. The van der Waals surface area contributed by atoms with Crippen LogP contribution in [0, 0.1) is 0 Å². The number of unbranched alkanes of at least 4 members (excludes halogenated alkanes) is 6. The molecule has 1 saturated heterocycles. The minimum atomic E-state index is -1.06. The first-order valence-corrected chi connectivity index (χ1v) is 13.7. The minimum absolute atomic E-state index is 0.0324. The molecule has 5 rings (SSSR count). The van der Waals surface area contributed by atoms with E-state index in [4.69, 9.17) is 9.47 Å². The predicted octanol–water partition coefficient (Wildman–Crippen LogP) is 4.81. The lowest BCUT2D eigenvalue weighted by Crippen LogP contribution is -2.76. The van der Waals surface area contributed by atoms with Gasteiger partial charge in [-0.15, -0.1) is 13.2 Å². The lowest BCUT2D eigenvalue weighted by molar-refractivity contribution is -0.187. The molecule has 194 valence electrons. The molecule has 2 bridgehead atoms. The molecule has 0 aromatic heterocycles. The van der Waals surface area contributed by atoms with E-state index in [1.165, 1.54) is 19.3 Å². The first kappa shape index (κ1) is 25.2. The maximum Gasteiger partial charge on any atom is 0.311 e. The average molecular weight is 494 g/mol. The number of allylic oxidation sites excluding steroid dienone is 1. The molecule has 6 heteroatoms. The van der Waals surface area contributed by atoms with Gasteiger partial charge in [0.05, 0.1) is 11.0 Å². The van der Waals surface area contributed by atoms with Crippen LogP contribution in [0.3, 0.4) is 0 Å². The molecule has 1 N–H and O–H groups in total. The van der Waals surface area contributed by atoms with E-state index in [2.05, 4.69) is 18.1 Å². The van der Waals surface area contributed by atoms with E-state index in [1.54, 1.807) is 0 Å². The summed E-state index contributed by atoms with van der Waals surface area (Å²) in [6.45, 7) is 9.12. The summed E-state index contributed by atoms with van der Waals surface area (Å²) in [7, 11) is 0. The Hall–Kier alpha value is -2.44. The van der Waals surface area contributed by atoms with Crippen molar-refractivity contribution in [1.29, 1.82) is 0 Å². The Kier molecular flexibility index (Phi) is 7.10. The van der Waals surface area contributed by atoms with Gasteiger partial charge in [-0.25, -0.2) is 0 Å². The summed E-state index contributed by atoms with van der Waals surface area (Å²) < 4.78 is 12.1. The van der Waals surface area contributed by atoms with Crippen LogP contribution in [0.2, 0.25) is 0 Å². The number of rotatable bonds is 12. The third-order valence-electron chi connectivity index (χ3n) is 8.98. The zero-order valence-corrected chi connectivity index (χ0v) is 21.3. The second-order valence-corrected chi connectivity index (χ2v) is 11.0. The summed E-state index contributed by atoms with van der Waals surface area (Å²) in [6, 6.07) is 3.72. The number of esters is 1. The van der Waals surface area contributed by atoms with E-state index in [9.17, 15) is 14.7 Å². The molecule has 0 unspecified atom stereocenters. The molecule has 36 heavy (non-hydrogen) atoms. The SMILES string of the molecule is C=CCCCCCCCCC(=O)Oc1ccc2c3c1O[C@H]1C(=O)CC[C@@]4(O)[C@H](C2)N(CC=C)CC[C@]314. The van der Waals surface area contributed by atoms with Gasteiger partial charge in [-0.3, -0.25) is 14.5 Å². The van der Waals surface area contributed by atoms with Crippen molar-refractivity contribution in [1.82, 2.24) is 4.90 Å². The molecule has 6 nitrogen and oxygen atoms in total. The molecule has 1 spiro atoms. The molecule has 1 aromatic rings. The molecule has 2 aliphatic carbocycles. The number of hydrogen-bond acceptors (Lipinski definition) is 6. The number of Topliss-reactive ketones (excluding diaryl/α,β-unsaturated/α-hetero) is 1. The van der Waals surface area contributed by atoms with Gasteiger partial charge < -0.3 is 14.6 Å². The van der Waals surface area contributed by atoms with Crippen molar-refractivity contribution in [3.8, 4) is 11.5 Å². The topological polar surface area (TPSA) is 76.1 Å². The Bertz CT molecular complexity index is 1050. The number of nitrogens with zero attached hydrogens (tertiary/aromatic N) is 1. The van der Waals surface area contributed by atoms with Crippen molar-refractivity contribution < 1.29 is 24.2 Å². The van der Waals surface area contributed by atoms with Crippen LogP contribution in [0.15, 0.2) is 37.4 Å². The molecule has 4 atom stereocenters. The van der Waals surface area contributed by atoms with Gasteiger partial charge in [0.2, 0.25) is 0 Å². The molecular weight excluding hydrogens is 454 g/mol. The highest BCUT2D eigenvalue weighted by molar-refractivity contribution is 5.90. The number of ketones is 1. The van der Waals surface area contributed by atoms with Gasteiger partial charge in [-0.1, -0.05) is 43.9 Å². The quantitative estimate of drug-likeness (QED) is 0.195. The maximum absolute atomic E-state index is 13.1. The standard InChI is InChI=1S/C30H39NO5/c1-3-5-6-7-8-9-10-11-12-25(33)35-23-14-13-21-20-24-30(34)16-15-22(32)28-29(30,26(21)27(23)36-28)17-19-31(24)18-4-2/h3-4,13-14,24,28,34H,1-2,5-12,15-20H2/t24-,28-,29-,30+/m0/s1. The second kappa shape index (κ2) is 10.1. The molecular formula is C30H39NO5. The molecule has 2 heterocycles. The van der Waals surface area contributed by atoms with Crippen molar-refractivity contribution >= 4 is 11.8 Å². The second-order valence-electron chi connectivity index (χ2n) is 11.0. The van der Waals surface area contributed by atoms with E-state index in [0.717, 1.165) is 43.4 Å².